The highest BCUT2D eigenvalue weighted by molar-refractivity contribution is 5.13. The average Bonchev–Trinajstić information content (AvgIpc) is 2.81. The van der Waals surface area contributed by atoms with Gasteiger partial charge >= 0.3 is 0 Å². The summed E-state index contributed by atoms with van der Waals surface area (Å²) in [6.45, 7) is 6.83. The lowest BCUT2D eigenvalue weighted by Crippen LogP contribution is -2.32. The molecule has 3 heterocycles. The van der Waals surface area contributed by atoms with Crippen LogP contribution in [0.4, 0.5) is 0 Å². The van der Waals surface area contributed by atoms with E-state index >= 15 is 0 Å². The van der Waals surface area contributed by atoms with Crippen LogP contribution in [0.1, 0.15) is 43.6 Å². The van der Waals surface area contributed by atoms with Gasteiger partial charge in [0.05, 0.1) is 5.69 Å². The second-order valence-electron chi connectivity index (χ2n) is 5.74. The molecule has 1 aromatic heterocycles. The predicted octanol–water partition coefficient (Wildman–Crippen LogP) is 1.36. The highest BCUT2D eigenvalue weighted by Gasteiger charge is 2.24. The van der Waals surface area contributed by atoms with Crippen molar-refractivity contribution in [3.8, 4) is 0 Å². The van der Waals surface area contributed by atoms with Crippen molar-refractivity contribution >= 4 is 0 Å². The van der Waals surface area contributed by atoms with Crippen molar-refractivity contribution in [1.29, 1.82) is 0 Å². The second-order valence-corrected chi connectivity index (χ2v) is 5.74. The Morgan fingerprint density at radius 2 is 2.11 bits per heavy atom. The van der Waals surface area contributed by atoms with Crippen LogP contribution in [-0.2, 0) is 13.0 Å². The van der Waals surface area contributed by atoms with Crippen LogP contribution in [-0.4, -0.2) is 40.1 Å². The molecule has 3 rings (SSSR count). The van der Waals surface area contributed by atoms with Crippen LogP contribution in [0.2, 0.25) is 0 Å². The first-order chi connectivity index (χ1) is 8.76. The Hall–Kier alpha value is -0.870. The number of aromatic nitrogens is 2. The summed E-state index contributed by atoms with van der Waals surface area (Å²) in [5, 5.41) is 0. The van der Waals surface area contributed by atoms with Crippen LogP contribution in [0.3, 0.4) is 0 Å². The van der Waals surface area contributed by atoms with Crippen LogP contribution < -0.4 is 5.73 Å². The molecule has 0 aromatic carbocycles. The van der Waals surface area contributed by atoms with E-state index in [0.717, 1.165) is 19.4 Å². The van der Waals surface area contributed by atoms with Gasteiger partial charge < -0.3 is 15.2 Å². The van der Waals surface area contributed by atoms with Crippen LogP contribution in [0.5, 0.6) is 0 Å². The predicted molar refractivity (Wildman–Crippen MR) is 72.6 cm³/mol. The topological polar surface area (TPSA) is 47.1 Å². The van der Waals surface area contributed by atoms with E-state index in [4.69, 9.17) is 10.7 Å². The second kappa shape index (κ2) is 5.02. The van der Waals surface area contributed by atoms with Gasteiger partial charge in [-0.1, -0.05) is 6.92 Å². The van der Waals surface area contributed by atoms with E-state index in [1.807, 2.05) is 0 Å². The summed E-state index contributed by atoms with van der Waals surface area (Å²) >= 11 is 0. The molecule has 1 aromatic rings. The number of hydrogen-bond donors (Lipinski definition) is 1. The van der Waals surface area contributed by atoms with Gasteiger partial charge in [0.1, 0.15) is 5.82 Å². The summed E-state index contributed by atoms with van der Waals surface area (Å²) in [4.78, 5) is 7.38. The molecule has 4 nitrogen and oxygen atoms in total. The molecule has 0 saturated carbocycles. The van der Waals surface area contributed by atoms with Crippen molar-refractivity contribution in [2.24, 2.45) is 5.73 Å². The molecule has 1 atom stereocenters. The maximum absolute atomic E-state index is 6.02. The molecule has 1 fully saturated rings. The Morgan fingerprint density at radius 3 is 2.83 bits per heavy atom. The van der Waals surface area contributed by atoms with E-state index in [0.29, 0.717) is 12.0 Å². The molecule has 2 aliphatic rings. The molecule has 0 aliphatic carbocycles. The number of nitrogens with two attached hydrogens (primary N) is 1. The zero-order chi connectivity index (χ0) is 12.5. The molecule has 2 N–H and O–H groups in total. The molecular weight excluding hydrogens is 224 g/mol. The smallest absolute Gasteiger partial charge is 0.109 e. The number of nitrogens with zero attached hydrogens (tertiary/aromatic N) is 3. The third-order valence-electron chi connectivity index (χ3n) is 4.50. The van der Waals surface area contributed by atoms with Crippen molar-refractivity contribution < 1.29 is 0 Å². The Morgan fingerprint density at radius 1 is 1.33 bits per heavy atom. The molecule has 18 heavy (non-hydrogen) atoms. The lowest BCUT2D eigenvalue weighted by molar-refractivity contribution is 0.221. The number of hydrogen-bond acceptors (Lipinski definition) is 3. The molecule has 0 bridgehead atoms. The SMILES string of the molecule is CCN1CCC(c2cn3c(n2)CCC(N)C3)CC1. The first-order valence-electron chi connectivity index (χ1n) is 7.30. The van der Waals surface area contributed by atoms with E-state index in [2.05, 4.69) is 22.6 Å². The van der Waals surface area contributed by atoms with Crippen molar-refractivity contribution in [2.45, 2.75) is 51.1 Å². The average molecular weight is 248 g/mol. The molecule has 4 heteroatoms. The van der Waals surface area contributed by atoms with Gasteiger partial charge in [-0.2, -0.15) is 0 Å². The number of fused-ring (bicyclic) bond motifs is 1. The monoisotopic (exact) mass is 248 g/mol. The van der Waals surface area contributed by atoms with E-state index in [1.165, 1.54) is 44.0 Å². The Labute approximate surface area is 109 Å². The van der Waals surface area contributed by atoms with Crippen LogP contribution in [0.25, 0.3) is 0 Å². The van der Waals surface area contributed by atoms with Crippen LogP contribution >= 0.6 is 0 Å². The van der Waals surface area contributed by atoms with Gasteiger partial charge in [-0.3, -0.25) is 0 Å². The number of piperidine rings is 1. The van der Waals surface area contributed by atoms with Gasteiger partial charge in [0.15, 0.2) is 0 Å². The molecule has 1 saturated heterocycles. The van der Waals surface area contributed by atoms with Crippen molar-refractivity contribution in [2.75, 3.05) is 19.6 Å². The third kappa shape index (κ3) is 2.31. The molecule has 0 radical (unpaired) electrons. The molecule has 0 amide bonds. The Balaban J connectivity index is 1.70. The van der Waals surface area contributed by atoms with E-state index in [-0.39, 0.29) is 0 Å². The minimum absolute atomic E-state index is 0.321. The van der Waals surface area contributed by atoms with Gasteiger partial charge in [0.2, 0.25) is 0 Å². The number of imidazole rings is 1. The zero-order valence-electron chi connectivity index (χ0n) is 11.3. The van der Waals surface area contributed by atoms with Crippen molar-refractivity contribution in [3.63, 3.8) is 0 Å². The summed E-state index contributed by atoms with van der Waals surface area (Å²) in [6, 6.07) is 0.321. The molecule has 0 spiro atoms. The fourth-order valence-electron chi connectivity index (χ4n) is 3.23. The normalized spacial score (nSPS) is 26.2. The van der Waals surface area contributed by atoms with Gasteiger partial charge in [0, 0.05) is 31.1 Å². The standard InChI is InChI=1S/C14H24N4/c1-2-17-7-5-11(6-8-17)13-10-18-9-12(15)3-4-14(18)16-13/h10-12H,2-9,15H2,1H3. The van der Waals surface area contributed by atoms with Crippen LogP contribution in [0.15, 0.2) is 6.20 Å². The van der Waals surface area contributed by atoms with Gasteiger partial charge in [-0.15, -0.1) is 0 Å². The maximum atomic E-state index is 6.02. The number of aryl methyl sites for hydroxylation is 1. The largest absolute Gasteiger partial charge is 0.333 e. The van der Waals surface area contributed by atoms with Crippen molar-refractivity contribution in [1.82, 2.24) is 14.5 Å². The molecule has 100 valence electrons. The van der Waals surface area contributed by atoms with Crippen molar-refractivity contribution in [3.05, 3.63) is 17.7 Å². The van der Waals surface area contributed by atoms with Crippen LogP contribution in [0, 0.1) is 0 Å². The third-order valence-corrected chi connectivity index (χ3v) is 4.50. The van der Waals surface area contributed by atoms with E-state index < -0.39 is 0 Å². The highest BCUT2D eigenvalue weighted by atomic mass is 15.1. The minimum atomic E-state index is 0.321. The zero-order valence-corrected chi connectivity index (χ0v) is 11.3. The lowest BCUT2D eigenvalue weighted by Gasteiger charge is -2.30. The Kier molecular flexibility index (Phi) is 3.39. The summed E-state index contributed by atoms with van der Waals surface area (Å²) in [5.74, 6) is 1.92. The van der Waals surface area contributed by atoms with Gasteiger partial charge in [-0.25, -0.2) is 4.98 Å². The Bertz CT molecular complexity index is 404. The minimum Gasteiger partial charge on any atom is -0.333 e. The summed E-state index contributed by atoms with van der Waals surface area (Å²) in [5.41, 5.74) is 7.33. The van der Waals surface area contributed by atoms with E-state index in [9.17, 15) is 0 Å². The summed E-state index contributed by atoms with van der Waals surface area (Å²) < 4.78 is 2.29. The molecule has 2 aliphatic heterocycles. The first kappa shape index (κ1) is 12.2. The highest BCUT2D eigenvalue weighted by Crippen LogP contribution is 2.28. The fraction of sp³-hybridized carbons (Fsp3) is 0.786. The fourth-order valence-corrected chi connectivity index (χ4v) is 3.23. The maximum Gasteiger partial charge on any atom is 0.109 e. The summed E-state index contributed by atoms with van der Waals surface area (Å²) in [6.07, 6.45) is 6.92. The number of likely N-dealkylation sites (tertiary alicyclic amines) is 1. The number of rotatable bonds is 2. The summed E-state index contributed by atoms with van der Waals surface area (Å²) in [7, 11) is 0. The lowest BCUT2D eigenvalue weighted by atomic mass is 9.94. The molecule has 1 unspecified atom stereocenters. The quantitative estimate of drug-likeness (QED) is 0.859. The van der Waals surface area contributed by atoms with E-state index in [1.54, 1.807) is 0 Å². The van der Waals surface area contributed by atoms with Gasteiger partial charge in [0.25, 0.3) is 0 Å². The first-order valence-corrected chi connectivity index (χ1v) is 7.30. The molecular formula is C14H24N4. The van der Waals surface area contributed by atoms with Gasteiger partial charge in [-0.05, 0) is 38.9 Å².